The molecule has 94 valence electrons. The minimum absolute atomic E-state index is 0.0477. The Labute approximate surface area is 96.9 Å². The highest BCUT2D eigenvalue weighted by molar-refractivity contribution is 5.38. The van der Waals surface area contributed by atoms with Gasteiger partial charge in [-0.2, -0.15) is 4.73 Å². The Bertz CT molecular complexity index is 412. The molecule has 0 aliphatic carbocycles. The fourth-order valence-corrected chi connectivity index (χ4v) is 1.41. The van der Waals surface area contributed by atoms with Crippen LogP contribution < -0.4 is 10.0 Å². The number of nitrogens with zero attached hydrogens (tertiary/aromatic N) is 2. The van der Waals surface area contributed by atoms with Crippen LogP contribution in [-0.4, -0.2) is 34.8 Å². The van der Waals surface area contributed by atoms with E-state index in [1.807, 2.05) is 0 Å². The lowest BCUT2D eigenvalue weighted by atomic mass is 10.0. The van der Waals surface area contributed by atoms with E-state index in [9.17, 15) is 25.5 Å². The molecule has 1 heterocycles. The van der Waals surface area contributed by atoms with Crippen molar-refractivity contribution in [2.24, 2.45) is 0 Å². The number of hydrogen-bond donors (Lipinski definition) is 3. The first-order valence-electron chi connectivity index (χ1n) is 4.85. The van der Waals surface area contributed by atoms with E-state index < -0.39 is 22.8 Å². The van der Waals surface area contributed by atoms with Gasteiger partial charge in [0.15, 0.2) is 12.4 Å². The van der Waals surface area contributed by atoms with E-state index >= 15 is 0 Å². The SMILES string of the molecule is CNCC(O)C(O)c1c[n+]([O-])ccc1[N+](=O)[O-]. The summed E-state index contributed by atoms with van der Waals surface area (Å²) in [5, 5.41) is 43.6. The molecule has 2 atom stereocenters. The number of aliphatic hydroxyl groups is 2. The fourth-order valence-electron chi connectivity index (χ4n) is 1.41. The van der Waals surface area contributed by atoms with Crippen molar-refractivity contribution in [3.05, 3.63) is 39.3 Å². The van der Waals surface area contributed by atoms with Crippen LogP contribution in [-0.2, 0) is 0 Å². The summed E-state index contributed by atoms with van der Waals surface area (Å²) >= 11 is 0. The minimum Gasteiger partial charge on any atom is -0.619 e. The number of pyridine rings is 1. The highest BCUT2D eigenvalue weighted by Gasteiger charge is 2.28. The molecule has 8 nitrogen and oxygen atoms in total. The number of hydrogen-bond acceptors (Lipinski definition) is 6. The molecule has 0 saturated heterocycles. The summed E-state index contributed by atoms with van der Waals surface area (Å²) in [5.41, 5.74) is -0.616. The van der Waals surface area contributed by atoms with Crippen LogP contribution in [0.1, 0.15) is 11.7 Å². The third-order valence-electron chi connectivity index (χ3n) is 2.23. The lowest BCUT2D eigenvalue weighted by molar-refractivity contribution is -0.606. The average Bonchev–Trinajstić information content (AvgIpc) is 2.27. The second-order valence-electron chi connectivity index (χ2n) is 3.47. The molecule has 1 aromatic rings. The Balaban J connectivity index is 3.10. The summed E-state index contributed by atoms with van der Waals surface area (Å²) in [7, 11) is 1.56. The normalized spacial score (nSPS) is 14.3. The minimum atomic E-state index is -1.50. The number of aromatic nitrogens is 1. The van der Waals surface area contributed by atoms with Gasteiger partial charge in [-0.05, 0) is 7.05 Å². The summed E-state index contributed by atoms with van der Waals surface area (Å²) in [6.07, 6.45) is -0.897. The Morgan fingerprint density at radius 2 is 2.24 bits per heavy atom. The monoisotopic (exact) mass is 243 g/mol. The van der Waals surface area contributed by atoms with Crippen molar-refractivity contribution in [2.75, 3.05) is 13.6 Å². The zero-order valence-electron chi connectivity index (χ0n) is 9.11. The van der Waals surface area contributed by atoms with Crippen LogP contribution >= 0.6 is 0 Å². The van der Waals surface area contributed by atoms with Gasteiger partial charge in [0.25, 0.3) is 5.69 Å². The van der Waals surface area contributed by atoms with Crippen molar-refractivity contribution >= 4 is 5.69 Å². The first-order valence-corrected chi connectivity index (χ1v) is 4.85. The van der Waals surface area contributed by atoms with Crippen LogP contribution in [0, 0.1) is 15.3 Å². The number of aliphatic hydroxyl groups excluding tert-OH is 2. The van der Waals surface area contributed by atoms with E-state index in [2.05, 4.69) is 5.32 Å². The van der Waals surface area contributed by atoms with Gasteiger partial charge in [0.2, 0.25) is 0 Å². The molecule has 1 aromatic heterocycles. The molecule has 8 heteroatoms. The van der Waals surface area contributed by atoms with Gasteiger partial charge >= 0.3 is 0 Å². The third kappa shape index (κ3) is 3.09. The molecular formula is C9H13N3O5. The molecule has 0 spiro atoms. The molecule has 2 unspecified atom stereocenters. The molecule has 0 radical (unpaired) electrons. The topological polar surface area (TPSA) is 123 Å². The number of nitrogens with one attached hydrogen (secondary N) is 1. The van der Waals surface area contributed by atoms with Crippen LogP contribution in [0.15, 0.2) is 18.5 Å². The molecular weight excluding hydrogens is 230 g/mol. The van der Waals surface area contributed by atoms with E-state index in [0.29, 0.717) is 4.73 Å². The first-order chi connectivity index (χ1) is 7.97. The zero-order chi connectivity index (χ0) is 13.0. The second-order valence-corrected chi connectivity index (χ2v) is 3.47. The summed E-state index contributed by atoms with van der Waals surface area (Å²) in [5.74, 6) is 0. The van der Waals surface area contributed by atoms with Crippen LogP contribution in [0.2, 0.25) is 0 Å². The molecule has 0 aliphatic heterocycles. The Morgan fingerprint density at radius 1 is 1.59 bits per heavy atom. The van der Waals surface area contributed by atoms with Crippen molar-refractivity contribution in [3.63, 3.8) is 0 Å². The lowest BCUT2D eigenvalue weighted by Gasteiger charge is -2.16. The van der Waals surface area contributed by atoms with Gasteiger partial charge in [0.05, 0.1) is 17.1 Å². The molecule has 0 fully saturated rings. The van der Waals surface area contributed by atoms with Crippen molar-refractivity contribution < 1.29 is 19.9 Å². The molecule has 3 N–H and O–H groups in total. The molecule has 0 aliphatic rings. The van der Waals surface area contributed by atoms with Gasteiger partial charge in [-0.15, -0.1) is 0 Å². The largest absolute Gasteiger partial charge is 0.619 e. The van der Waals surface area contributed by atoms with Crippen LogP contribution in [0.5, 0.6) is 0 Å². The summed E-state index contributed by atoms with van der Waals surface area (Å²) in [6, 6.07) is 0.984. The van der Waals surface area contributed by atoms with Crippen molar-refractivity contribution in [1.29, 1.82) is 0 Å². The maximum absolute atomic E-state index is 11.0. The molecule has 0 aromatic carbocycles. The van der Waals surface area contributed by atoms with Gasteiger partial charge in [0, 0.05) is 6.54 Å². The number of rotatable bonds is 5. The predicted molar refractivity (Wildman–Crippen MR) is 56.9 cm³/mol. The molecule has 1 rings (SSSR count). The van der Waals surface area contributed by atoms with E-state index in [1.54, 1.807) is 7.05 Å². The zero-order valence-corrected chi connectivity index (χ0v) is 9.11. The Hall–Kier alpha value is -1.77. The quantitative estimate of drug-likeness (QED) is 0.259. The maximum Gasteiger partial charge on any atom is 0.287 e. The van der Waals surface area contributed by atoms with E-state index in [-0.39, 0.29) is 12.1 Å². The van der Waals surface area contributed by atoms with Gasteiger partial charge in [-0.3, -0.25) is 10.1 Å². The molecule has 0 bridgehead atoms. The van der Waals surface area contributed by atoms with Crippen LogP contribution in [0.3, 0.4) is 0 Å². The smallest absolute Gasteiger partial charge is 0.287 e. The maximum atomic E-state index is 11.0. The van der Waals surface area contributed by atoms with Crippen LogP contribution in [0.25, 0.3) is 0 Å². The third-order valence-corrected chi connectivity index (χ3v) is 2.23. The van der Waals surface area contributed by atoms with Gasteiger partial charge in [-0.25, -0.2) is 0 Å². The fraction of sp³-hybridized carbons (Fsp3) is 0.444. The number of nitro groups is 1. The Kier molecular flexibility index (Phi) is 4.32. The first kappa shape index (κ1) is 13.3. The Morgan fingerprint density at radius 3 is 2.76 bits per heavy atom. The average molecular weight is 243 g/mol. The van der Waals surface area contributed by atoms with Crippen molar-refractivity contribution in [2.45, 2.75) is 12.2 Å². The van der Waals surface area contributed by atoms with E-state index in [1.165, 1.54) is 0 Å². The van der Waals surface area contributed by atoms with E-state index in [4.69, 9.17) is 0 Å². The van der Waals surface area contributed by atoms with Gasteiger partial charge < -0.3 is 20.7 Å². The summed E-state index contributed by atoms with van der Waals surface area (Å²) < 4.78 is 0.331. The highest BCUT2D eigenvalue weighted by Crippen LogP contribution is 2.25. The molecule has 0 saturated carbocycles. The molecule has 17 heavy (non-hydrogen) atoms. The van der Waals surface area contributed by atoms with Gasteiger partial charge in [-0.1, -0.05) is 0 Å². The lowest BCUT2D eigenvalue weighted by Crippen LogP contribution is -2.32. The molecule has 0 amide bonds. The number of likely N-dealkylation sites (N-methyl/N-ethyl adjacent to an activating group) is 1. The second kappa shape index (κ2) is 5.53. The van der Waals surface area contributed by atoms with Crippen molar-refractivity contribution in [1.82, 2.24) is 5.32 Å². The predicted octanol–water partition coefficient (Wildman–Crippen LogP) is -1.16. The standard InChI is InChI=1S/C9H13N3O5/c1-10-4-8(13)9(14)6-5-11(15)3-2-7(6)12(16)17/h2-3,5,8-10,13-14H,4H2,1H3. The van der Waals surface area contributed by atoms with Crippen LogP contribution in [0.4, 0.5) is 5.69 Å². The van der Waals surface area contributed by atoms with Crippen molar-refractivity contribution in [3.8, 4) is 0 Å². The van der Waals surface area contributed by atoms with Gasteiger partial charge in [0.1, 0.15) is 11.7 Å². The van der Waals surface area contributed by atoms with E-state index in [0.717, 1.165) is 18.5 Å². The summed E-state index contributed by atoms with van der Waals surface area (Å²) in [4.78, 5) is 9.99. The highest BCUT2D eigenvalue weighted by atomic mass is 16.6. The summed E-state index contributed by atoms with van der Waals surface area (Å²) in [6.45, 7) is 0.0477.